The average molecular weight is 637 g/mol. The van der Waals surface area contributed by atoms with Crippen LogP contribution in [-0.2, 0) is 57.2 Å². The molecule has 10 unspecified atom stereocenters. The molecule has 0 bridgehead atoms. The van der Waals surface area contributed by atoms with Gasteiger partial charge in [-0.2, -0.15) is 0 Å². The lowest BCUT2D eigenvalue weighted by atomic mass is 9.56. The SMILES string of the molecule is CC(=O)OC(C)CC(=O)OC1CC(OC(C)=O)C2(C)C(OC(C)=O)CC=C(C)C2C(OC(C)=O)C2(O)C(C=C1C)OC(=O)C2C. The van der Waals surface area contributed by atoms with Crippen molar-refractivity contribution in [2.45, 2.75) is 124 Å². The molecule has 3 aliphatic rings. The summed E-state index contributed by atoms with van der Waals surface area (Å²) in [5.41, 5.74) is -2.61. The van der Waals surface area contributed by atoms with Gasteiger partial charge in [-0.05, 0) is 39.3 Å². The summed E-state index contributed by atoms with van der Waals surface area (Å²) in [7, 11) is 0. The fourth-order valence-corrected chi connectivity index (χ4v) is 6.92. The van der Waals surface area contributed by atoms with Crippen LogP contribution in [-0.4, -0.2) is 83.1 Å². The second-order valence-corrected chi connectivity index (χ2v) is 12.5. The van der Waals surface area contributed by atoms with Gasteiger partial charge in [-0.15, -0.1) is 0 Å². The topological polar surface area (TPSA) is 178 Å². The van der Waals surface area contributed by atoms with Gasteiger partial charge in [0.15, 0.2) is 11.7 Å². The van der Waals surface area contributed by atoms with Gasteiger partial charge in [0.1, 0.15) is 30.5 Å². The predicted molar refractivity (Wildman–Crippen MR) is 155 cm³/mol. The van der Waals surface area contributed by atoms with E-state index in [1.165, 1.54) is 47.6 Å². The Labute approximate surface area is 262 Å². The van der Waals surface area contributed by atoms with Gasteiger partial charge in [-0.3, -0.25) is 28.8 Å². The number of carbonyl (C=O) groups is 6. The molecule has 13 nitrogen and oxygen atoms in total. The van der Waals surface area contributed by atoms with Crippen molar-refractivity contribution in [2.24, 2.45) is 17.3 Å². The van der Waals surface area contributed by atoms with Gasteiger partial charge in [0.05, 0.1) is 17.8 Å². The van der Waals surface area contributed by atoms with Crippen molar-refractivity contribution in [1.29, 1.82) is 0 Å². The maximum Gasteiger partial charge on any atom is 0.312 e. The molecule has 1 heterocycles. The first kappa shape index (κ1) is 35.7. The molecule has 0 aromatic heterocycles. The van der Waals surface area contributed by atoms with Gasteiger partial charge < -0.3 is 33.5 Å². The van der Waals surface area contributed by atoms with E-state index in [9.17, 15) is 33.9 Å². The molecule has 250 valence electrons. The Morgan fingerprint density at radius 3 is 2.07 bits per heavy atom. The minimum atomic E-state index is -2.15. The Morgan fingerprint density at radius 1 is 0.933 bits per heavy atom. The lowest BCUT2D eigenvalue weighted by Gasteiger charge is -2.54. The van der Waals surface area contributed by atoms with Crippen molar-refractivity contribution in [2.75, 3.05) is 0 Å². The number of aliphatic hydroxyl groups is 1. The van der Waals surface area contributed by atoms with Crippen molar-refractivity contribution in [1.82, 2.24) is 0 Å². The first-order valence-corrected chi connectivity index (χ1v) is 15.0. The van der Waals surface area contributed by atoms with Crippen LogP contribution in [0.15, 0.2) is 23.3 Å². The molecule has 45 heavy (non-hydrogen) atoms. The standard InChI is InChI=1S/C32H44O13/c1-15-10-11-24(41-20(6)34)31(9)25(42-21(7)35)14-23(44-27(37)13-17(3)40-19(5)33)16(2)12-26-32(39,18(4)30(38)45-26)29(28(15)31)43-22(8)36/h10,12,17-18,23-26,28-29,39H,11,13-14H2,1-9H3. The summed E-state index contributed by atoms with van der Waals surface area (Å²) in [4.78, 5) is 75.2. The number of hydrogen-bond donors (Lipinski definition) is 1. The van der Waals surface area contributed by atoms with Gasteiger partial charge in [0, 0.05) is 46.5 Å². The smallest absolute Gasteiger partial charge is 0.312 e. The molecule has 1 N–H and O–H groups in total. The third kappa shape index (κ3) is 7.40. The van der Waals surface area contributed by atoms with E-state index in [1.807, 2.05) is 0 Å². The average Bonchev–Trinajstić information content (AvgIpc) is 3.11. The Bertz CT molecular complexity index is 1280. The van der Waals surface area contributed by atoms with E-state index in [-0.39, 0.29) is 19.3 Å². The quantitative estimate of drug-likeness (QED) is 0.245. The van der Waals surface area contributed by atoms with E-state index in [0.29, 0.717) is 11.1 Å². The first-order valence-electron chi connectivity index (χ1n) is 15.0. The molecular weight excluding hydrogens is 592 g/mol. The Kier molecular flexibility index (Phi) is 10.9. The van der Waals surface area contributed by atoms with Crippen LogP contribution in [0.4, 0.5) is 0 Å². The molecule has 0 radical (unpaired) electrons. The second kappa shape index (κ2) is 13.7. The first-order chi connectivity index (χ1) is 20.8. The van der Waals surface area contributed by atoms with Gasteiger partial charge in [0.25, 0.3) is 0 Å². The van der Waals surface area contributed by atoms with E-state index < -0.39 is 95.3 Å². The highest BCUT2D eigenvalue weighted by atomic mass is 16.6. The summed E-state index contributed by atoms with van der Waals surface area (Å²) >= 11 is 0. The zero-order valence-electron chi connectivity index (χ0n) is 27.2. The number of carbonyl (C=O) groups excluding carboxylic acids is 6. The van der Waals surface area contributed by atoms with E-state index in [4.69, 9.17) is 28.4 Å². The highest BCUT2D eigenvalue weighted by Gasteiger charge is 2.67. The summed E-state index contributed by atoms with van der Waals surface area (Å²) in [6.07, 6.45) is -3.82. The third-order valence-corrected chi connectivity index (χ3v) is 9.06. The number of hydrogen-bond acceptors (Lipinski definition) is 13. The van der Waals surface area contributed by atoms with Crippen LogP contribution < -0.4 is 0 Å². The molecule has 0 saturated carbocycles. The summed E-state index contributed by atoms with van der Waals surface area (Å²) in [5, 5.41) is 12.5. The molecule has 0 amide bonds. The summed E-state index contributed by atoms with van der Waals surface area (Å²) in [6, 6.07) is 0. The van der Waals surface area contributed by atoms with Crippen LogP contribution in [0.1, 0.15) is 81.6 Å². The maximum atomic E-state index is 13.1. The number of esters is 6. The van der Waals surface area contributed by atoms with Crippen molar-refractivity contribution >= 4 is 35.8 Å². The minimum absolute atomic E-state index is 0.144. The van der Waals surface area contributed by atoms with Gasteiger partial charge in [-0.1, -0.05) is 18.6 Å². The maximum absolute atomic E-state index is 13.1. The van der Waals surface area contributed by atoms with Gasteiger partial charge in [-0.25, -0.2) is 0 Å². The minimum Gasteiger partial charge on any atom is -0.462 e. The lowest BCUT2D eigenvalue weighted by Crippen LogP contribution is -2.65. The van der Waals surface area contributed by atoms with Crippen molar-refractivity contribution < 1.29 is 62.3 Å². The third-order valence-electron chi connectivity index (χ3n) is 9.06. The molecular formula is C32H44O13. The summed E-state index contributed by atoms with van der Waals surface area (Å²) < 4.78 is 34.2. The largest absolute Gasteiger partial charge is 0.462 e. The molecule has 0 aromatic carbocycles. The van der Waals surface area contributed by atoms with Crippen molar-refractivity contribution in [3.63, 3.8) is 0 Å². The fourth-order valence-electron chi connectivity index (χ4n) is 6.92. The zero-order chi connectivity index (χ0) is 34.0. The molecule has 0 spiro atoms. The summed E-state index contributed by atoms with van der Waals surface area (Å²) in [6.45, 7) is 12.8. The molecule has 3 rings (SSSR count). The monoisotopic (exact) mass is 636 g/mol. The van der Waals surface area contributed by atoms with Crippen LogP contribution in [0.2, 0.25) is 0 Å². The Balaban J connectivity index is 2.32. The number of ether oxygens (including phenoxy) is 6. The zero-order valence-corrected chi connectivity index (χ0v) is 27.2. The van der Waals surface area contributed by atoms with E-state index in [1.54, 1.807) is 26.8 Å². The van der Waals surface area contributed by atoms with Crippen LogP contribution in [0.25, 0.3) is 0 Å². The Hall–Kier alpha value is -3.74. The normalized spacial score (nSPS) is 35.2. The van der Waals surface area contributed by atoms with Crippen LogP contribution in [0.5, 0.6) is 0 Å². The van der Waals surface area contributed by atoms with Crippen LogP contribution >= 0.6 is 0 Å². The highest BCUT2D eigenvalue weighted by molar-refractivity contribution is 5.78. The predicted octanol–water partition coefficient (Wildman–Crippen LogP) is 2.65. The molecule has 13 heteroatoms. The number of rotatable bonds is 7. The molecule has 10 atom stereocenters. The van der Waals surface area contributed by atoms with Crippen molar-refractivity contribution in [3.05, 3.63) is 23.3 Å². The van der Waals surface area contributed by atoms with Gasteiger partial charge >= 0.3 is 35.8 Å². The van der Waals surface area contributed by atoms with E-state index in [0.717, 1.165) is 0 Å². The molecule has 1 saturated heterocycles. The molecule has 1 fully saturated rings. The van der Waals surface area contributed by atoms with Crippen LogP contribution in [0, 0.1) is 17.3 Å². The molecule has 0 aromatic rings. The number of fused-ring (bicyclic) bond motifs is 2. The fraction of sp³-hybridized carbons (Fsp3) is 0.688. The van der Waals surface area contributed by atoms with Crippen molar-refractivity contribution in [3.8, 4) is 0 Å². The van der Waals surface area contributed by atoms with E-state index >= 15 is 0 Å². The highest BCUT2D eigenvalue weighted by Crippen LogP contribution is 2.55. The summed E-state index contributed by atoms with van der Waals surface area (Å²) in [5.74, 6) is -6.30. The molecule has 2 aliphatic carbocycles. The van der Waals surface area contributed by atoms with Crippen LogP contribution in [0.3, 0.4) is 0 Å². The second-order valence-electron chi connectivity index (χ2n) is 12.5. The Morgan fingerprint density at radius 2 is 1.51 bits per heavy atom. The molecule has 1 aliphatic heterocycles. The van der Waals surface area contributed by atoms with E-state index in [2.05, 4.69) is 0 Å². The lowest BCUT2D eigenvalue weighted by molar-refractivity contribution is -0.218. The van der Waals surface area contributed by atoms with Gasteiger partial charge in [0.2, 0.25) is 0 Å².